The number of aromatic nitrogens is 1. The molecule has 1 aliphatic carbocycles. The first kappa shape index (κ1) is 17.5. The summed E-state index contributed by atoms with van der Waals surface area (Å²) in [6, 6.07) is 10.8. The standard InChI is InChI=1S/C20H26N2O4/c1-25-20-7-6-16(26-13-19(23)24)11-18(20)22(9-8-20)12-15-10-14-4-2-3-5-17(14)21-15/h2-5,10,16,18,21H,6-9,11-13H2,1H3,(H,23,24)/t16-,18-,20+/m0/s1. The van der Waals surface area contributed by atoms with Crippen LogP contribution in [0.4, 0.5) is 0 Å². The zero-order chi connectivity index (χ0) is 18.1. The number of likely N-dealkylation sites (tertiary alicyclic amines) is 1. The van der Waals surface area contributed by atoms with Crippen molar-refractivity contribution in [3.8, 4) is 0 Å². The molecule has 2 fully saturated rings. The first-order chi connectivity index (χ1) is 12.6. The minimum absolute atomic E-state index is 0.0114. The van der Waals surface area contributed by atoms with Crippen LogP contribution in [0.1, 0.15) is 31.4 Å². The Hall–Kier alpha value is -1.89. The first-order valence-electron chi connectivity index (χ1n) is 9.29. The molecule has 6 nitrogen and oxygen atoms in total. The maximum atomic E-state index is 10.8. The minimum Gasteiger partial charge on any atom is -0.480 e. The fourth-order valence-corrected chi connectivity index (χ4v) is 4.72. The highest BCUT2D eigenvalue weighted by Crippen LogP contribution is 2.43. The van der Waals surface area contributed by atoms with Gasteiger partial charge in [0, 0.05) is 37.5 Å². The number of nitrogens with one attached hydrogen (secondary N) is 1. The Morgan fingerprint density at radius 3 is 3.00 bits per heavy atom. The topological polar surface area (TPSA) is 74.8 Å². The number of ether oxygens (including phenoxy) is 2. The van der Waals surface area contributed by atoms with Crippen molar-refractivity contribution in [2.75, 3.05) is 20.3 Å². The molecule has 26 heavy (non-hydrogen) atoms. The van der Waals surface area contributed by atoms with Crippen molar-refractivity contribution in [2.45, 2.75) is 50.0 Å². The summed E-state index contributed by atoms with van der Waals surface area (Å²) in [6.45, 7) is 1.61. The second-order valence-electron chi connectivity index (χ2n) is 7.49. The van der Waals surface area contributed by atoms with Crippen molar-refractivity contribution >= 4 is 16.9 Å². The van der Waals surface area contributed by atoms with Gasteiger partial charge in [0.1, 0.15) is 6.61 Å². The van der Waals surface area contributed by atoms with Gasteiger partial charge in [-0.05, 0) is 43.2 Å². The van der Waals surface area contributed by atoms with Crippen LogP contribution < -0.4 is 0 Å². The summed E-state index contributed by atoms with van der Waals surface area (Å²) in [7, 11) is 1.80. The smallest absolute Gasteiger partial charge is 0.329 e. The zero-order valence-corrected chi connectivity index (χ0v) is 15.1. The molecular weight excluding hydrogens is 332 g/mol. The van der Waals surface area contributed by atoms with Crippen LogP contribution in [0.15, 0.2) is 30.3 Å². The molecule has 0 radical (unpaired) electrons. The molecule has 1 saturated heterocycles. The zero-order valence-electron chi connectivity index (χ0n) is 15.1. The Morgan fingerprint density at radius 2 is 2.23 bits per heavy atom. The molecule has 1 aromatic carbocycles. The van der Waals surface area contributed by atoms with Crippen LogP contribution in [-0.4, -0.2) is 59.0 Å². The van der Waals surface area contributed by atoms with Crippen molar-refractivity contribution in [1.82, 2.24) is 9.88 Å². The van der Waals surface area contributed by atoms with E-state index in [0.29, 0.717) is 0 Å². The Bertz CT molecular complexity index is 756. The van der Waals surface area contributed by atoms with E-state index in [-0.39, 0.29) is 24.4 Å². The Balaban J connectivity index is 1.49. The molecule has 1 aliphatic heterocycles. The van der Waals surface area contributed by atoms with Crippen molar-refractivity contribution in [1.29, 1.82) is 0 Å². The summed E-state index contributed by atoms with van der Waals surface area (Å²) < 4.78 is 11.6. The molecule has 4 rings (SSSR count). The van der Waals surface area contributed by atoms with Gasteiger partial charge in [-0.25, -0.2) is 4.79 Å². The van der Waals surface area contributed by atoms with Gasteiger partial charge < -0.3 is 19.6 Å². The third kappa shape index (κ3) is 3.24. The lowest BCUT2D eigenvalue weighted by atomic mass is 9.79. The summed E-state index contributed by atoms with van der Waals surface area (Å²) in [6.07, 6.45) is 3.60. The van der Waals surface area contributed by atoms with Gasteiger partial charge in [-0.2, -0.15) is 0 Å². The van der Waals surface area contributed by atoms with E-state index in [4.69, 9.17) is 14.6 Å². The van der Waals surface area contributed by atoms with Crippen LogP contribution in [0.3, 0.4) is 0 Å². The minimum atomic E-state index is -0.907. The summed E-state index contributed by atoms with van der Waals surface area (Å²) >= 11 is 0. The number of fused-ring (bicyclic) bond motifs is 2. The van der Waals surface area contributed by atoms with Crippen LogP contribution >= 0.6 is 0 Å². The highest BCUT2D eigenvalue weighted by molar-refractivity contribution is 5.80. The van der Waals surface area contributed by atoms with Crippen LogP contribution in [0.2, 0.25) is 0 Å². The number of H-pyrrole nitrogens is 1. The maximum absolute atomic E-state index is 10.8. The van der Waals surface area contributed by atoms with Crippen LogP contribution in [0.25, 0.3) is 10.9 Å². The van der Waals surface area contributed by atoms with Gasteiger partial charge in [0.15, 0.2) is 0 Å². The lowest BCUT2D eigenvalue weighted by molar-refractivity contribution is -0.148. The molecule has 0 bridgehead atoms. The fraction of sp³-hybridized carbons (Fsp3) is 0.550. The Labute approximate surface area is 153 Å². The summed E-state index contributed by atoms with van der Waals surface area (Å²) in [5.74, 6) is -0.907. The number of aromatic amines is 1. The highest BCUT2D eigenvalue weighted by atomic mass is 16.5. The number of carboxylic acid groups (broad SMARTS) is 1. The van der Waals surface area contributed by atoms with E-state index in [1.54, 1.807) is 7.11 Å². The number of aliphatic carboxylic acids is 1. The van der Waals surface area contributed by atoms with E-state index < -0.39 is 5.97 Å². The molecule has 1 saturated carbocycles. The van der Waals surface area contributed by atoms with Crippen LogP contribution in [0.5, 0.6) is 0 Å². The van der Waals surface area contributed by atoms with E-state index in [9.17, 15) is 4.79 Å². The highest BCUT2D eigenvalue weighted by Gasteiger charge is 2.51. The van der Waals surface area contributed by atoms with E-state index in [2.05, 4.69) is 34.1 Å². The van der Waals surface area contributed by atoms with E-state index >= 15 is 0 Å². The van der Waals surface area contributed by atoms with Gasteiger partial charge in [-0.3, -0.25) is 4.90 Å². The predicted octanol–water partition coefficient (Wildman–Crippen LogP) is 2.78. The van der Waals surface area contributed by atoms with Crippen LogP contribution in [0, 0.1) is 0 Å². The normalized spacial score (nSPS) is 29.1. The molecular formula is C20H26N2O4. The monoisotopic (exact) mass is 358 g/mol. The van der Waals surface area contributed by atoms with Gasteiger partial charge in [0.25, 0.3) is 0 Å². The third-order valence-electron chi connectivity index (χ3n) is 6.05. The van der Waals surface area contributed by atoms with Crippen LogP contribution in [-0.2, 0) is 20.8 Å². The first-order valence-corrected chi connectivity index (χ1v) is 9.29. The van der Waals surface area contributed by atoms with Crippen molar-refractivity contribution in [2.24, 2.45) is 0 Å². The third-order valence-corrected chi connectivity index (χ3v) is 6.05. The summed E-state index contributed by atoms with van der Waals surface area (Å²) in [4.78, 5) is 16.8. The number of carboxylic acids is 1. The lowest BCUT2D eigenvalue weighted by Crippen LogP contribution is -2.51. The second-order valence-corrected chi connectivity index (χ2v) is 7.49. The number of carbonyl (C=O) groups is 1. The second kappa shape index (κ2) is 7.02. The number of nitrogens with zero attached hydrogens (tertiary/aromatic N) is 1. The lowest BCUT2D eigenvalue weighted by Gasteiger charge is -2.43. The summed E-state index contributed by atoms with van der Waals surface area (Å²) in [5.41, 5.74) is 2.23. The Morgan fingerprint density at radius 1 is 1.38 bits per heavy atom. The van der Waals surface area contributed by atoms with E-state index in [0.717, 1.165) is 44.3 Å². The number of rotatable bonds is 6. The number of para-hydroxylation sites is 1. The van der Waals surface area contributed by atoms with Crippen molar-refractivity contribution in [3.05, 3.63) is 36.0 Å². The molecule has 0 amide bonds. The molecule has 0 spiro atoms. The molecule has 140 valence electrons. The van der Waals surface area contributed by atoms with Gasteiger partial charge >= 0.3 is 5.97 Å². The molecule has 2 aliphatic rings. The fourth-order valence-electron chi connectivity index (χ4n) is 4.72. The maximum Gasteiger partial charge on any atom is 0.329 e. The van der Waals surface area contributed by atoms with Gasteiger partial charge in [0.05, 0.1) is 11.7 Å². The molecule has 2 aromatic rings. The average molecular weight is 358 g/mol. The van der Waals surface area contributed by atoms with Gasteiger partial charge in [-0.1, -0.05) is 18.2 Å². The molecule has 0 unspecified atom stereocenters. The SMILES string of the molecule is CO[C@@]12CC[C@H](OCC(=O)O)C[C@@H]1N(Cc1cc3ccccc3[nH]1)CC2. The number of hydrogen-bond acceptors (Lipinski definition) is 4. The molecule has 6 heteroatoms. The summed E-state index contributed by atoms with van der Waals surface area (Å²) in [5, 5.41) is 10.1. The van der Waals surface area contributed by atoms with E-state index in [1.807, 2.05) is 6.07 Å². The largest absolute Gasteiger partial charge is 0.480 e. The Kier molecular flexibility index (Phi) is 4.73. The van der Waals surface area contributed by atoms with Gasteiger partial charge in [-0.15, -0.1) is 0 Å². The predicted molar refractivity (Wildman–Crippen MR) is 98.1 cm³/mol. The molecule has 2 heterocycles. The van der Waals surface area contributed by atoms with Crippen molar-refractivity contribution < 1.29 is 19.4 Å². The number of hydrogen-bond donors (Lipinski definition) is 2. The molecule has 2 N–H and O–H groups in total. The van der Waals surface area contributed by atoms with Gasteiger partial charge in [0.2, 0.25) is 0 Å². The number of benzene rings is 1. The van der Waals surface area contributed by atoms with Crippen molar-refractivity contribution in [3.63, 3.8) is 0 Å². The number of methoxy groups -OCH3 is 1. The quantitative estimate of drug-likeness (QED) is 0.831. The molecule has 3 atom stereocenters. The van der Waals surface area contributed by atoms with E-state index in [1.165, 1.54) is 11.1 Å². The average Bonchev–Trinajstić information content (AvgIpc) is 3.21. The molecule has 1 aromatic heterocycles.